The Balaban J connectivity index is 1.86. The number of carbonyl (C=O) groups excluding carboxylic acids is 1. The highest BCUT2D eigenvalue weighted by Crippen LogP contribution is 2.32. The van der Waals surface area contributed by atoms with Crippen LogP contribution in [0.5, 0.6) is 11.5 Å². The van der Waals surface area contributed by atoms with Gasteiger partial charge in [0.05, 0.1) is 32.1 Å². The first-order valence-corrected chi connectivity index (χ1v) is 9.03. The molecule has 146 valence electrons. The van der Waals surface area contributed by atoms with Crippen molar-refractivity contribution in [2.75, 3.05) is 21.3 Å². The second kappa shape index (κ2) is 7.60. The molecule has 7 nitrogen and oxygen atoms in total. The first-order valence-electron chi connectivity index (χ1n) is 9.03. The van der Waals surface area contributed by atoms with Crippen molar-refractivity contribution >= 4 is 5.91 Å². The fourth-order valence-electron chi connectivity index (χ4n) is 3.70. The Morgan fingerprint density at radius 2 is 2.07 bits per heavy atom. The molecule has 0 fully saturated rings. The highest BCUT2D eigenvalue weighted by atomic mass is 16.5. The van der Waals surface area contributed by atoms with Gasteiger partial charge in [0, 0.05) is 44.3 Å². The molecule has 0 saturated heterocycles. The van der Waals surface area contributed by atoms with Crippen molar-refractivity contribution in [1.29, 1.82) is 0 Å². The molecule has 3 rings (SSSR count). The third-order valence-electron chi connectivity index (χ3n) is 4.96. The molecule has 2 heterocycles. The molecule has 7 heteroatoms. The number of ether oxygens (including phenoxy) is 3. The molecule has 0 saturated carbocycles. The van der Waals surface area contributed by atoms with Crippen molar-refractivity contribution in [2.24, 2.45) is 7.05 Å². The first-order chi connectivity index (χ1) is 12.8. The lowest BCUT2D eigenvalue weighted by molar-refractivity contribution is -0.00906. The molecule has 1 aliphatic rings. The zero-order valence-corrected chi connectivity index (χ0v) is 16.8. The number of carbonyl (C=O) groups is 1. The van der Waals surface area contributed by atoms with Gasteiger partial charge in [0.15, 0.2) is 5.69 Å². The molecule has 1 amide bonds. The molecule has 1 aromatic carbocycles. The van der Waals surface area contributed by atoms with E-state index >= 15 is 0 Å². The van der Waals surface area contributed by atoms with Crippen LogP contribution in [-0.2, 0) is 24.8 Å². The Kier molecular flexibility index (Phi) is 5.41. The van der Waals surface area contributed by atoms with E-state index in [1.165, 1.54) is 0 Å². The quantitative estimate of drug-likeness (QED) is 0.806. The predicted molar refractivity (Wildman–Crippen MR) is 101 cm³/mol. The van der Waals surface area contributed by atoms with Gasteiger partial charge in [-0.05, 0) is 26.0 Å². The second-order valence-corrected chi connectivity index (χ2v) is 6.97. The first kappa shape index (κ1) is 19.2. The van der Waals surface area contributed by atoms with Crippen molar-refractivity contribution in [2.45, 2.75) is 39.0 Å². The SMILES string of the molecule is COc1ccc(CN(C)C(=O)c2nn(C)c3c2C[C@H](C)O[C@@H]3C)c(OC)c1. The lowest BCUT2D eigenvalue weighted by Gasteiger charge is -2.26. The van der Waals surface area contributed by atoms with Crippen LogP contribution in [0.25, 0.3) is 0 Å². The minimum absolute atomic E-state index is 0.0650. The van der Waals surface area contributed by atoms with Gasteiger partial charge in [-0.2, -0.15) is 5.10 Å². The number of nitrogens with zero attached hydrogens (tertiary/aromatic N) is 3. The van der Waals surface area contributed by atoms with Gasteiger partial charge in [-0.1, -0.05) is 0 Å². The Bertz CT molecular complexity index is 846. The average molecular weight is 373 g/mol. The number of fused-ring (bicyclic) bond motifs is 1. The van der Waals surface area contributed by atoms with Gasteiger partial charge in [0.25, 0.3) is 5.91 Å². The number of hydrogen-bond acceptors (Lipinski definition) is 5. The maximum atomic E-state index is 13.1. The fourth-order valence-corrected chi connectivity index (χ4v) is 3.70. The van der Waals surface area contributed by atoms with Gasteiger partial charge in [0.1, 0.15) is 11.5 Å². The van der Waals surface area contributed by atoms with Crippen LogP contribution < -0.4 is 9.47 Å². The molecular formula is C20H27N3O4. The zero-order chi connectivity index (χ0) is 19.7. The van der Waals surface area contributed by atoms with Crippen LogP contribution in [-0.4, -0.2) is 48.0 Å². The van der Waals surface area contributed by atoms with E-state index in [4.69, 9.17) is 14.2 Å². The van der Waals surface area contributed by atoms with Gasteiger partial charge < -0.3 is 19.1 Å². The van der Waals surface area contributed by atoms with Crippen LogP contribution in [0.2, 0.25) is 0 Å². The molecule has 0 bridgehead atoms. The summed E-state index contributed by atoms with van der Waals surface area (Å²) in [6.07, 6.45) is 0.680. The zero-order valence-electron chi connectivity index (χ0n) is 16.8. The van der Waals surface area contributed by atoms with E-state index in [0.29, 0.717) is 30.2 Å². The summed E-state index contributed by atoms with van der Waals surface area (Å²) in [7, 11) is 6.86. The van der Waals surface area contributed by atoms with Gasteiger partial charge >= 0.3 is 0 Å². The minimum Gasteiger partial charge on any atom is -0.497 e. The number of aromatic nitrogens is 2. The predicted octanol–water partition coefficient (Wildman–Crippen LogP) is 2.73. The summed E-state index contributed by atoms with van der Waals surface area (Å²) in [4.78, 5) is 14.8. The third kappa shape index (κ3) is 3.64. The number of aryl methyl sites for hydroxylation is 1. The topological polar surface area (TPSA) is 65.8 Å². The van der Waals surface area contributed by atoms with Crippen LogP contribution in [0.15, 0.2) is 18.2 Å². The highest BCUT2D eigenvalue weighted by Gasteiger charge is 2.32. The molecule has 2 atom stereocenters. The summed E-state index contributed by atoms with van der Waals surface area (Å²) in [6, 6.07) is 5.59. The molecule has 0 N–H and O–H groups in total. The fraction of sp³-hybridized carbons (Fsp3) is 0.500. The summed E-state index contributed by atoms with van der Waals surface area (Å²) in [5, 5.41) is 4.50. The standard InChI is InChI=1S/C20H27N3O4/c1-12-9-16-18(21-23(4)19(16)13(2)27-12)20(24)22(3)11-14-7-8-15(25-5)10-17(14)26-6/h7-8,10,12-13H,9,11H2,1-6H3/t12-,13+/m0/s1. The number of benzene rings is 1. The highest BCUT2D eigenvalue weighted by molar-refractivity contribution is 5.94. The molecule has 1 aliphatic heterocycles. The van der Waals surface area contributed by atoms with Gasteiger partial charge in [-0.25, -0.2) is 0 Å². The van der Waals surface area contributed by atoms with E-state index in [1.54, 1.807) is 30.8 Å². The molecule has 27 heavy (non-hydrogen) atoms. The van der Waals surface area contributed by atoms with E-state index in [2.05, 4.69) is 5.10 Å². The number of rotatable bonds is 5. The smallest absolute Gasteiger partial charge is 0.274 e. The van der Waals surface area contributed by atoms with Gasteiger partial charge in [0.2, 0.25) is 0 Å². The summed E-state index contributed by atoms with van der Waals surface area (Å²) >= 11 is 0. The van der Waals surface area contributed by atoms with Gasteiger partial charge in [-0.3, -0.25) is 9.48 Å². The van der Waals surface area contributed by atoms with Crippen molar-refractivity contribution in [1.82, 2.24) is 14.7 Å². The summed E-state index contributed by atoms with van der Waals surface area (Å²) in [5.74, 6) is 1.30. The molecule has 1 aromatic heterocycles. The molecule has 2 aromatic rings. The van der Waals surface area contributed by atoms with E-state index in [9.17, 15) is 4.79 Å². The lowest BCUT2D eigenvalue weighted by atomic mass is 9.99. The number of methoxy groups -OCH3 is 2. The Labute approximate surface area is 159 Å². The van der Waals surface area contributed by atoms with E-state index in [-0.39, 0.29) is 18.1 Å². The van der Waals surface area contributed by atoms with Gasteiger partial charge in [-0.15, -0.1) is 0 Å². The van der Waals surface area contributed by atoms with Crippen molar-refractivity contribution < 1.29 is 19.0 Å². The molecule has 0 unspecified atom stereocenters. The maximum absolute atomic E-state index is 13.1. The van der Waals surface area contributed by atoms with Crippen LogP contribution >= 0.6 is 0 Å². The van der Waals surface area contributed by atoms with Crippen molar-refractivity contribution in [3.05, 3.63) is 40.7 Å². The number of hydrogen-bond donors (Lipinski definition) is 0. The van der Waals surface area contributed by atoms with E-state index in [1.807, 2.05) is 39.1 Å². The monoisotopic (exact) mass is 373 g/mol. The third-order valence-corrected chi connectivity index (χ3v) is 4.96. The Morgan fingerprint density at radius 3 is 2.74 bits per heavy atom. The Morgan fingerprint density at radius 1 is 1.33 bits per heavy atom. The second-order valence-electron chi connectivity index (χ2n) is 6.97. The molecule has 0 spiro atoms. The van der Waals surface area contributed by atoms with Crippen molar-refractivity contribution in [3.8, 4) is 11.5 Å². The molecular weight excluding hydrogens is 346 g/mol. The largest absolute Gasteiger partial charge is 0.497 e. The summed E-state index contributed by atoms with van der Waals surface area (Å²) < 4.78 is 18.3. The molecule has 0 radical (unpaired) electrons. The van der Waals surface area contributed by atoms with E-state index < -0.39 is 0 Å². The average Bonchev–Trinajstić information content (AvgIpc) is 2.97. The molecule has 0 aliphatic carbocycles. The summed E-state index contributed by atoms with van der Waals surface area (Å²) in [6.45, 7) is 4.43. The Hall–Kier alpha value is -2.54. The van der Waals surface area contributed by atoms with E-state index in [0.717, 1.165) is 16.8 Å². The lowest BCUT2D eigenvalue weighted by Crippen LogP contribution is -2.29. The van der Waals surface area contributed by atoms with Crippen LogP contribution in [0.3, 0.4) is 0 Å². The van der Waals surface area contributed by atoms with Crippen molar-refractivity contribution in [3.63, 3.8) is 0 Å². The maximum Gasteiger partial charge on any atom is 0.274 e. The summed E-state index contributed by atoms with van der Waals surface area (Å²) in [5.41, 5.74) is 3.38. The van der Waals surface area contributed by atoms with Crippen LogP contribution in [0, 0.1) is 0 Å². The van der Waals surface area contributed by atoms with Crippen LogP contribution in [0.1, 0.15) is 47.3 Å². The number of amides is 1. The minimum atomic E-state index is -0.106. The van der Waals surface area contributed by atoms with Crippen LogP contribution in [0.4, 0.5) is 0 Å². The normalized spacial score (nSPS) is 18.7.